The summed E-state index contributed by atoms with van der Waals surface area (Å²) in [5, 5.41) is 9.78. The third-order valence-corrected chi connectivity index (χ3v) is 4.51. The number of nitriles is 1. The Hall–Kier alpha value is -1.38. The molecule has 1 heterocycles. The number of anilines is 1. The fraction of sp³-hybridized carbons (Fsp3) is 0.231. The van der Waals surface area contributed by atoms with Crippen molar-refractivity contribution in [3.05, 3.63) is 44.4 Å². The second kappa shape index (κ2) is 5.09. The molecule has 2 aromatic rings. The van der Waals surface area contributed by atoms with Gasteiger partial charge in [0.2, 0.25) is 0 Å². The number of aromatic nitrogens is 1. The second-order valence-corrected chi connectivity index (χ2v) is 6.04. The molecular weight excluding hydrogens is 310 g/mol. The molecule has 1 aromatic carbocycles. The highest BCUT2D eigenvalue weighted by molar-refractivity contribution is 9.10. The largest absolute Gasteiger partial charge is 0.375 e. The van der Waals surface area contributed by atoms with E-state index >= 15 is 0 Å². The van der Waals surface area contributed by atoms with Crippen LogP contribution in [0.4, 0.5) is 5.13 Å². The summed E-state index contributed by atoms with van der Waals surface area (Å²) in [5.41, 5.74) is 8.36. The molecule has 0 amide bonds. The van der Waals surface area contributed by atoms with Crippen molar-refractivity contribution in [1.29, 1.82) is 5.26 Å². The minimum absolute atomic E-state index is 0.127. The molecule has 0 aliphatic heterocycles. The SMILES string of the molecule is Cc1nc(N)sc1C(C)c1ccc(Br)cc1C#N. The predicted octanol–water partition coefficient (Wildman–Crippen LogP) is 3.82. The summed E-state index contributed by atoms with van der Waals surface area (Å²) < 4.78 is 0.913. The van der Waals surface area contributed by atoms with Gasteiger partial charge in [-0.1, -0.05) is 28.9 Å². The second-order valence-electron chi connectivity index (χ2n) is 4.07. The summed E-state index contributed by atoms with van der Waals surface area (Å²) in [6.07, 6.45) is 0. The smallest absolute Gasteiger partial charge is 0.180 e. The Morgan fingerprint density at radius 2 is 2.22 bits per heavy atom. The van der Waals surface area contributed by atoms with E-state index in [9.17, 15) is 5.26 Å². The highest BCUT2D eigenvalue weighted by Gasteiger charge is 2.18. The van der Waals surface area contributed by atoms with Gasteiger partial charge in [-0.15, -0.1) is 11.3 Å². The lowest BCUT2D eigenvalue weighted by atomic mass is 9.94. The van der Waals surface area contributed by atoms with E-state index in [0.29, 0.717) is 10.7 Å². The number of thiazole rings is 1. The maximum absolute atomic E-state index is 9.21. The highest BCUT2D eigenvalue weighted by Crippen LogP contribution is 2.34. The van der Waals surface area contributed by atoms with Gasteiger partial charge in [-0.05, 0) is 24.6 Å². The van der Waals surface area contributed by atoms with Crippen LogP contribution in [0.3, 0.4) is 0 Å². The number of benzene rings is 1. The summed E-state index contributed by atoms with van der Waals surface area (Å²) in [7, 11) is 0. The molecule has 1 aromatic heterocycles. The van der Waals surface area contributed by atoms with E-state index in [1.54, 1.807) is 0 Å². The first-order chi connectivity index (χ1) is 8.52. The standard InChI is InChI=1S/C13H12BrN3S/c1-7(12-8(2)17-13(16)18-12)11-4-3-10(14)5-9(11)6-15/h3-5,7H,1-2H3,(H2,16,17). The monoisotopic (exact) mass is 321 g/mol. The molecule has 0 aliphatic carbocycles. The van der Waals surface area contributed by atoms with Gasteiger partial charge < -0.3 is 5.73 Å². The minimum Gasteiger partial charge on any atom is -0.375 e. The Morgan fingerprint density at radius 3 is 2.78 bits per heavy atom. The van der Waals surface area contributed by atoms with Crippen LogP contribution >= 0.6 is 27.3 Å². The fourth-order valence-corrected chi connectivity index (χ4v) is 3.24. The van der Waals surface area contributed by atoms with Crippen LogP contribution in [-0.2, 0) is 0 Å². The van der Waals surface area contributed by atoms with Gasteiger partial charge in [-0.25, -0.2) is 4.98 Å². The Kier molecular flexibility index (Phi) is 3.69. The van der Waals surface area contributed by atoms with Crippen LogP contribution in [0.25, 0.3) is 0 Å². The number of nitrogens with two attached hydrogens (primary N) is 1. The van der Waals surface area contributed by atoms with Crippen molar-refractivity contribution in [3.63, 3.8) is 0 Å². The molecule has 0 aliphatic rings. The zero-order chi connectivity index (χ0) is 13.3. The molecule has 2 rings (SSSR count). The average molecular weight is 322 g/mol. The van der Waals surface area contributed by atoms with Crippen molar-refractivity contribution in [2.75, 3.05) is 5.73 Å². The molecule has 0 bridgehead atoms. The molecule has 3 nitrogen and oxygen atoms in total. The molecule has 1 unspecified atom stereocenters. The molecule has 1 atom stereocenters. The zero-order valence-corrected chi connectivity index (χ0v) is 12.5. The summed E-state index contributed by atoms with van der Waals surface area (Å²) in [6, 6.07) is 8.00. The number of aryl methyl sites for hydroxylation is 1. The number of halogens is 1. The third-order valence-electron chi connectivity index (χ3n) is 2.84. The molecular formula is C13H12BrN3S. The van der Waals surface area contributed by atoms with Crippen LogP contribution in [0.1, 0.15) is 34.5 Å². The summed E-state index contributed by atoms with van der Waals surface area (Å²) in [6.45, 7) is 4.02. The van der Waals surface area contributed by atoms with E-state index in [1.807, 2.05) is 25.1 Å². The maximum Gasteiger partial charge on any atom is 0.180 e. The molecule has 0 saturated heterocycles. The number of nitrogen functional groups attached to an aromatic ring is 1. The van der Waals surface area contributed by atoms with Crippen molar-refractivity contribution < 1.29 is 0 Å². The van der Waals surface area contributed by atoms with Crippen molar-refractivity contribution >= 4 is 32.4 Å². The van der Waals surface area contributed by atoms with E-state index in [2.05, 4.69) is 33.9 Å². The van der Waals surface area contributed by atoms with Crippen molar-refractivity contribution in [2.24, 2.45) is 0 Å². The van der Waals surface area contributed by atoms with E-state index in [1.165, 1.54) is 11.3 Å². The number of nitrogens with zero attached hydrogens (tertiary/aromatic N) is 2. The zero-order valence-electron chi connectivity index (χ0n) is 10.1. The van der Waals surface area contributed by atoms with Crippen molar-refractivity contribution in [1.82, 2.24) is 4.98 Å². The van der Waals surface area contributed by atoms with Gasteiger partial charge in [-0.3, -0.25) is 0 Å². The van der Waals surface area contributed by atoms with Gasteiger partial charge in [0.25, 0.3) is 0 Å². The molecule has 2 N–H and O–H groups in total. The van der Waals surface area contributed by atoms with E-state index < -0.39 is 0 Å². The van der Waals surface area contributed by atoms with E-state index in [0.717, 1.165) is 20.6 Å². The number of hydrogen-bond acceptors (Lipinski definition) is 4. The lowest BCUT2D eigenvalue weighted by Crippen LogP contribution is -1.99. The molecule has 0 radical (unpaired) electrons. The number of rotatable bonds is 2. The molecule has 0 spiro atoms. The maximum atomic E-state index is 9.21. The van der Waals surface area contributed by atoms with Crippen LogP contribution < -0.4 is 5.73 Å². The van der Waals surface area contributed by atoms with E-state index in [4.69, 9.17) is 5.73 Å². The van der Waals surface area contributed by atoms with Crippen molar-refractivity contribution in [2.45, 2.75) is 19.8 Å². The number of hydrogen-bond donors (Lipinski definition) is 1. The third kappa shape index (κ3) is 2.40. The molecule has 18 heavy (non-hydrogen) atoms. The topological polar surface area (TPSA) is 62.7 Å². The summed E-state index contributed by atoms with van der Waals surface area (Å²) in [4.78, 5) is 5.35. The Morgan fingerprint density at radius 1 is 1.50 bits per heavy atom. The molecule has 0 saturated carbocycles. The van der Waals surface area contributed by atoms with Crippen molar-refractivity contribution in [3.8, 4) is 6.07 Å². The predicted molar refractivity (Wildman–Crippen MR) is 77.6 cm³/mol. The summed E-state index contributed by atoms with van der Waals surface area (Å²) >= 11 is 4.87. The Bertz CT molecular complexity index is 628. The van der Waals surface area contributed by atoms with Crippen LogP contribution in [0.5, 0.6) is 0 Å². The van der Waals surface area contributed by atoms with Gasteiger partial charge in [0.15, 0.2) is 5.13 Å². The van der Waals surface area contributed by atoms with Crippen LogP contribution in [0.15, 0.2) is 22.7 Å². The van der Waals surface area contributed by atoms with Gasteiger partial charge >= 0.3 is 0 Å². The molecule has 92 valence electrons. The Balaban J connectivity index is 2.49. The highest BCUT2D eigenvalue weighted by atomic mass is 79.9. The first-order valence-corrected chi connectivity index (χ1v) is 7.06. The van der Waals surface area contributed by atoms with Crippen LogP contribution in [0, 0.1) is 18.3 Å². The molecule has 0 fully saturated rings. The fourth-order valence-electron chi connectivity index (χ4n) is 1.98. The van der Waals surface area contributed by atoms with Gasteiger partial charge in [-0.2, -0.15) is 5.26 Å². The minimum atomic E-state index is 0.127. The van der Waals surface area contributed by atoms with E-state index in [-0.39, 0.29) is 5.92 Å². The molecule has 5 heteroatoms. The average Bonchev–Trinajstić information content (AvgIpc) is 2.67. The lowest BCUT2D eigenvalue weighted by Gasteiger charge is -2.12. The quantitative estimate of drug-likeness (QED) is 0.914. The van der Waals surface area contributed by atoms with Crippen LogP contribution in [0.2, 0.25) is 0 Å². The van der Waals surface area contributed by atoms with Gasteiger partial charge in [0.05, 0.1) is 17.3 Å². The Labute approximate surface area is 118 Å². The van der Waals surface area contributed by atoms with Gasteiger partial charge in [0.1, 0.15) is 0 Å². The normalized spacial score (nSPS) is 12.1. The first kappa shape index (κ1) is 13.1. The lowest BCUT2D eigenvalue weighted by molar-refractivity contribution is 0.921. The first-order valence-electron chi connectivity index (χ1n) is 5.45. The van der Waals surface area contributed by atoms with Crippen LogP contribution in [-0.4, -0.2) is 4.98 Å². The van der Waals surface area contributed by atoms with Gasteiger partial charge in [0, 0.05) is 15.3 Å². The summed E-state index contributed by atoms with van der Waals surface area (Å²) in [5.74, 6) is 0.127.